The predicted octanol–water partition coefficient (Wildman–Crippen LogP) is 4.04. The normalized spacial score (nSPS) is 11.3. The molecule has 0 bridgehead atoms. The van der Waals surface area contributed by atoms with E-state index in [9.17, 15) is 13.2 Å². The van der Waals surface area contributed by atoms with Gasteiger partial charge in [-0.05, 0) is 46.3 Å². The zero-order valence-electron chi connectivity index (χ0n) is 11.4. The molecule has 5 nitrogen and oxygen atoms in total. The van der Waals surface area contributed by atoms with E-state index in [0.29, 0.717) is 4.47 Å². The van der Waals surface area contributed by atoms with Gasteiger partial charge in [0.05, 0.1) is 10.7 Å². The SMILES string of the molecule is O=C(O)CN(c1ccccc1Br)S(=O)(=O)c1cc(Cl)ccc1Cl. The molecule has 0 aliphatic rings. The maximum atomic E-state index is 12.9. The van der Waals surface area contributed by atoms with Crippen LogP contribution in [0.2, 0.25) is 10.0 Å². The summed E-state index contributed by atoms with van der Waals surface area (Å²) in [5, 5.41) is 9.22. The Labute approximate surface area is 151 Å². The van der Waals surface area contributed by atoms with Crippen molar-refractivity contribution in [3.63, 3.8) is 0 Å². The van der Waals surface area contributed by atoms with Gasteiger partial charge in [0.2, 0.25) is 0 Å². The molecule has 0 saturated heterocycles. The van der Waals surface area contributed by atoms with E-state index in [1.807, 2.05) is 0 Å². The Balaban J connectivity index is 2.65. The first-order valence-electron chi connectivity index (χ1n) is 6.17. The number of aliphatic carboxylic acids is 1. The van der Waals surface area contributed by atoms with Crippen molar-refractivity contribution in [3.05, 3.63) is 57.0 Å². The highest BCUT2D eigenvalue weighted by Crippen LogP contribution is 2.33. The van der Waals surface area contributed by atoms with Crippen molar-refractivity contribution >= 4 is 60.8 Å². The predicted molar refractivity (Wildman–Crippen MR) is 92.8 cm³/mol. The lowest BCUT2D eigenvalue weighted by Crippen LogP contribution is -2.36. The molecule has 0 aliphatic carbocycles. The molecule has 0 aromatic heterocycles. The molecule has 0 atom stereocenters. The molecule has 1 N–H and O–H groups in total. The standard InChI is InChI=1S/C14H10BrCl2NO4S/c15-10-3-1-2-4-12(10)18(8-14(19)20)23(21,22)13-7-9(16)5-6-11(13)17/h1-7H,8H2,(H,19,20). The number of benzene rings is 2. The fourth-order valence-electron chi connectivity index (χ4n) is 1.87. The Hall–Kier alpha value is -1.28. The van der Waals surface area contributed by atoms with Crippen molar-refractivity contribution in [2.24, 2.45) is 0 Å². The van der Waals surface area contributed by atoms with Gasteiger partial charge in [0, 0.05) is 9.50 Å². The average molecular weight is 439 g/mol. The summed E-state index contributed by atoms with van der Waals surface area (Å²) < 4.78 is 27.0. The van der Waals surface area contributed by atoms with Crippen LogP contribution in [0.3, 0.4) is 0 Å². The van der Waals surface area contributed by atoms with Crippen LogP contribution >= 0.6 is 39.1 Å². The number of nitrogens with zero attached hydrogens (tertiary/aromatic N) is 1. The summed E-state index contributed by atoms with van der Waals surface area (Å²) in [5.41, 5.74) is 0.186. The lowest BCUT2D eigenvalue weighted by Gasteiger charge is -2.24. The van der Waals surface area contributed by atoms with E-state index >= 15 is 0 Å². The van der Waals surface area contributed by atoms with Gasteiger partial charge >= 0.3 is 5.97 Å². The lowest BCUT2D eigenvalue weighted by molar-refractivity contribution is -0.135. The van der Waals surface area contributed by atoms with Gasteiger partial charge in [-0.2, -0.15) is 0 Å². The van der Waals surface area contributed by atoms with Gasteiger partial charge < -0.3 is 5.11 Å². The number of anilines is 1. The first kappa shape index (κ1) is 18.1. The molecule has 2 aromatic carbocycles. The first-order chi connectivity index (χ1) is 10.7. The minimum absolute atomic E-state index is 0.0446. The average Bonchev–Trinajstić information content (AvgIpc) is 2.48. The molecule has 9 heteroatoms. The summed E-state index contributed by atoms with van der Waals surface area (Å²) in [7, 11) is -4.22. The Bertz CT molecular complexity index is 858. The number of hydrogen-bond donors (Lipinski definition) is 1. The summed E-state index contributed by atoms with van der Waals surface area (Å²) >= 11 is 15.0. The zero-order valence-corrected chi connectivity index (χ0v) is 15.3. The number of sulfonamides is 1. The van der Waals surface area contributed by atoms with Crippen molar-refractivity contribution < 1.29 is 18.3 Å². The third-order valence-electron chi connectivity index (χ3n) is 2.86. The van der Waals surface area contributed by atoms with Crippen molar-refractivity contribution in [2.75, 3.05) is 10.8 Å². The second-order valence-corrected chi connectivity index (χ2v) is 7.96. The molecule has 0 heterocycles. The monoisotopic (exact) mass is 437 g/mol. The molecule has 0 radical (unpaired) electrons. The third kappa shape index (κ3) is 3.98. The van der Waals surface area contributed by atoms with Crippen LogP contribution in [0, 0.1) is 0 Å². The highest BCUT2D eigenvalue weighted by molar-refractivity contribution is 9.10. The van der Waals surface area contributed by atoms with E-state index in [4.69, 9.17) is 28.3 Å². The molecular formula is C14H10BrCl2NO4S. The highest BCUT2D eigenvalue weighted by Gasteiger charge is 2.30. The highest BCUT2D eigenvalue weighted by atomic mass is 79.9. The van der Waals surface area contributed by atoms with E-state index in [2.05, 4.69) is 15.9 Å². The number of rotatable bonds is 5. The summed E-state index contributed by atoms with van der Waals surface area (Å²) in [4.78, 5) is 10.9. The topological polar surface area (TPSA) is 74.7 Å². The van der Waals surface area contributed by atoms with Crippen molar-refractivity contribution in [1.29, 1.82) is 0 Å². The molecule has 122 valence electrons. The van der Waals surface area contributed by atoms with E-state index in [0.717, 1.165) is 4.31 Å². The van der Waals surface area contributed by atoms with E-state index in [-0.39, 0.29) is 20.6 Å². The number of carboxylic acid groups (broad SMARTS) is 1. The minimum atomic E-state index is -4.22. The summed E-state index contributed by atoms with van der Waals surface area (Å²) in [6, 6.07) is 10.4. The fourth-order valence-corrected chi connectivity index (χ4v) is 4.66. The number of carboxylic acids is 1. The molecule has 0 unspecified atom stereocenters. The number of para-hydroxylation sites is 1. The molecule has 0 saturated carbocycles. The maximum absolute atomic E-state index is 12.9. The zero-order chi connectivity index (χ0) is 17.2. The number of halogens is 3. The van der Waals surface area contributed by atoms with Crippen LogP contribution in [0.4, 0.5) is 5.69 Å². The molecule has 2 aromatic rings. The van der Waals surface area contributed by atoms with E-state index in [1.165, 1.54) is 24.3 Å². The molecular weight excluding hydrogens is 429 g/mol. The largest absolute Gasteiger partial charge is 0.480 e. The maximum Gasteiger partial charge on any atom is 0.324 e. The summed E-state index contributed by atoms with van der Waals surface area (Å²) in [5.74, 6) is -1.30. The number of hydrogen-bond acceptors (Lipinski definition) is 3. The van der Waals surface area contributed by atoms with Gasteiger partial charge in [-0.1, -0.05) is 35.3 Å². The molecule has 2 rings (SSSR count). The molecule has 0 spiro atoms. The second-order valence-electron chi connectivity index (χ2n) is 4.43. The van der Waals surface area contributed by atoms with Crippen molar-refractivity contribution in [2.45, 2.75) is 4.90 Å². The number of carbonyl (C=O) groups is 1. The molecule has 0 fully saturated rings. The van der Waals surface area contributed by atoms with Gasteiger partial charge in [0.25, 0.3) is 10.0 Å². The van der Waals surface area contributed by atoms with Crippen molar-refractivity contribution in [3.8, 4) is 0 Å². The van der Waals surface area contributed by atoms with Crippen LogP contribution in [0.1, 0.15) is 0 Å². The van der Waals surface area contributed by atoms with Crippen LogP contribution in [-0.2, 0) is 14.8 Å². The fraction of sp³-hybridized carbons (Fsp3) is 0.0714. The van der Waals surface area contributed by atoms with Gasteiger partial charge in [0.1, 0.15) is 11.4 Å². The van der Waals surface area contributed by atoms with Gasteiger partial charge in [-0.15, -0.1) is 0 Å². The minimum Gasteiger partial charge on any atom is -0.480 e. The Morgan fingerprint density at radius 1 is 1.17 bits per heavy atom. The van der Waals surface area contributed by atoms with Gasteiger partial charge in [-0.25, -0.2) is 8.42 Å². The van der Waals surface area contributed by atoms with Gasteiger partial charge in [-0.3, -0.25) is 9.10 Å². The van der Waals surface area contributed by atoms with Crippen LogP contribution in [0.5, 0.6) is 0 Å². The lowest BCUT2D eigenvalue weighted by atomic mass is 10.3. The molecule has 0 aliphatic heterocycles. The first-order valence-corrected chi connectivity index (χ1v) is 9.16. The van der Waals surface area contributed by atoms with Crippen molar-refractivity contribution in [1.82, 2.24) is 0 Å². The smallest absolute Gasteiger partial charge is 0.324 e. The van der Waals surface area contributed by atoms with Gasteiger partial charge in [0.15, 0.2) is 0 Å². The van der Waals surface area contributed by atoms with Crippen LogP contribution in [-0.4, -0.2) is 26.0 Å². The molecule has 23 heavy (non-hydrogen) atoms. The third-order valence-corrected chi connectivity index (χ3v) is 6.01. The van der Waals surface area contributed by atoms with E-state index < -0.39 is 22.5 Å². The van der Waals surface area contributed by atoms with Crippen LogP contribution in [0.25, 0.3) is 0 Å². The Morgan fingerprint density at radius 3 is 2.43 bits per heavy atom. The van der Waals surface area contributed by atoms with Crippen LogP contribution < -0.4 is 4.31 Å². The van der Waals surface area contributed by atoms with E-state index in [1.54, 1.807) is 18.2 Å². The van der Waals surface area contributed by atoms with Crippen LogP contribution in [0.15, 0.2) is 51.8 Å². The summed E-state index contributed by atoms with van der Waals surface area (Å²) in [6.07, 6.45) is 0. The second kappa shape index (κ2) is 7.09. The summed E-state index contributed by atoms with van der Waals surface area (Å²) in [6.45, 7) is -0.756. The Morgan fingerprint density at radius 2 is 1.83 bits per heavy atom. The Kier molecular flexibility index (Phi) is 5.57. The quantitative estimate of drug-likeness (QED) is 0.764. The molecule has 0 amide bonds.